The summed E-state index contributed by atoms with van der Waals surface area (Å²) in [6, 6.07) is 18.3. The SMILES string of the molecule is O=C1Oc2ccc(C(=O)c3cccs3)cc2/C1=C/c1ccccc1. The van der Waals surface area contributed by atoms with Crippen LogP contribution in [0.3, 0.4) is 0 Å². The molecule has 0 spiro atoms. The molecule has 0 N–H and O–H groups in total. The third kappa shape index (κ3) is 2.57. The molecule has 3 nitrogen and oxygen atoms in total. The lowest BCUT2D eigenvalue weighted by Gasteiger charge is -2.02. The monoisotopic (exact) mass is 332 g/mol. The number of thiophene rings is 1. The molecule has 1 aromatic heterocycles. The summed E-state index contributed by atoms with van der Waals surface area (Å²) >= 11 is 1.40. The number of carbonyl (C=O) groups is 2. The fourth-order valence-corrected chi connectivity index (χ4v) is 3.32. The molecule has 0 fully saturated rings. The maximum Gasteiger partial charge on any atom is 0.344 e. The van der Waals surface area contributed by atoms with Crippen LogP contribution in [0.2, 0.25) is 0 Å². The molecule has 0 saturated carbocycles. The second-order valence-corrected chi connectivity index (χ2v) is 6.32. The Bertz CT molecular complexity index is 954. The number of rotatable bonds is 3. The number of benzene rings is 2. The molecule has 0 atom stereocenters. The summed E-state index contributed by atoms with van der Waals surface area (Å²) < 4.78 is 5.30. The van der Waals surface area contributed by atoms with Gasteiger partial charge in [-0.05, 0) is 41.3 Å². The number of hydrogen-bond acceptors (Lipinski definition) is 4. The van der Waals surface area contributed by atoms with Crippen molar-refractivity contribution in [1.29, 1.82) is 0 Å². The van der Waals surface area contributed by atoms with Crippen LogP contribution < -0.4 is 4.74 Å². The molecular weight excluding hydrogens is 320 g/mol. The predicted molar refractivity (Wildman–Crippen MR) is 94.1 cm³/mol. The molecule has 116 valence electrons. The van der Waals surface area contributed by atoms with Crippen molar-refractivity contribution in [1.82, 2.24) is 0 Å². The van der Waals surface area contributed by atoms with Gasteiger partial charge in [0.1, 0.15) is 5.75 Å². The molecule has 2 aromatic carbocycles. The number of carbonyl (C=O) groups excluding carboxylic acids is 2. The third-order valence-electron chi connectivity index (χ3n) is 3.81. The molecule has 1 aliphatic rings. The van der Waals surface area contributed by atoms with Crippen LogP contribution in [-0.2, 0) is 4.79 Å². The minimum Gasteiger partial charge on any atom is -0.422 e. The van der Waals surface area contributed by atoms with E-state index in [9.17, 15) is 9.59 Å². The van der Waals surface area contributed by atoms with Gasteiger partial charge in [0.05, 0.1) is 10.5 Å². The summed E-state index contributed by atoms with van der Waals surface area (Å²) in [6.07, 6.45) is 1.79. The highest BCUT2D eigenvalue weighted by Crippen LogP contribution is 2.36. The van der Waals surface area contributed by atoms with Crippen LogP contribution >= 0.6 is 11.3 Å². The van der Waals surface area contributed by atoms with Crippen molar-refractivity contribution in [3.8, 4) is 5.75 Å². The Balaban J connectivity index is 1.77. The van der Waals surface area contributed by atoms with Crippen LogP contribution in [0.4, 0.5) is 0 Å². The van der Waals surface area contributed by atoms with Crippen molar-refractivity contribution in [2.45, 2.75) is 0 Å². The molecule has 0 saturated heterocycles. The van der Waals surface area contributed by atoms with Gasteiger partial charge in [0.25, 0.3) is 0 Å². The zero-order chi connectivity index (χ0) is 16.5. The lowest BCUT2D eigenvalue weighted by Crippen LogP contribution is -2.00. The number of ketones is 1. The highest BCUT2D eigenvalue weighted by Gasteiger charge is 2.28. The first-order valence-corrected chi connectivity index (χ1v) is 8.32. The van der Waals surface area contributed by atoms with E-state index in [0.29, 0.717) is 27.3 Å². The molecule has 2 heterocycles. The van der Waals surface area contributed by atoms with Crippen molar-refractivity contribution in [2.75, 3.05) is 0 Å². The summed E-state index contributed by atoms with van der Waals surface area (Å²) in [4.78, 5) is 25.4. The average molecular weight is 332 g/mol. The molecule has 0 bridgehead atoms. The minimum absolute atomic E-state index is 0.0498. The Morgan fingerprint density at radius 2 is 1.83 bits per heavy atom. The van der Waals surface area contributed by atoms with Crippen LogP contribution in [0.5, 0.6) is 5.75 Å². The molecule has 0 radical (unpaired) electrons. The number of esters is 1. The lowest BCUT2D eigenvalue weighted by atomic mass is 10.00. The Morgan fingerprint density at radius 3 is 2.58 bits per heavy atom. The van der Waals surface area contributed by atoms with Gasteiger partial charge >= 0.3 is 5.97 Å². The van der Waals surface area contributed by atoms with Gasteiger partial charge in [-0.3, -0.25) is 4.79 Å². The Hall–Kier alpha value is -2.98. The third-order valence-corrected chi connectivity index (χ3v) is 4.68. The van der Waals surface area contributed by atoms with E-state index >= 15 is 0 Å². The van der Waals surface area contributed by atoms with Gasteiger partial charge in [-0.15, -0.1) is 11.3 Å². The van der Waals surface area contributed by atoms with Gasteiger partial charge in [-0.1, -0.05) is 36.4 Å². The molecule has 24 heavy (non-hydrogen) atoms. The predicted octanol–water partition coefficient (Wildman–Crippen LogP) is 4.44. The Kier molecular flexibility index (Phi) is 3.59. The second-order valence-electron chi connectivity index (χ2n) is 5.38. The van der Waals surface area contributed by atoms with E-state index in [1.165, 1.54) is 11.3 Å². The van der Waals surface area contributed by atoms with E-state index < -0.39 is 5.97 Å². The average Bonchev–Trinajstić information content (AvgIpc) is 3.24. The topological polar surface area (TPSA) is 43.4 Å². The van der Waals surface area contributed by atoms with Gasteiger partial charge in [-0.25, -0.2) is 4.79 Å². The number of hydrogen-bond donors (Lipinski definition) is 0. The van der Waals surface area contributed by atoms with E-state index in [2.05, 4.69) is 0 Å². The van der Waals surface area contributed by atoms with E-state index in [1.807, 2.05) is 41.8 Å². The highest BCUT2D eigenvalue weighted by atomic mass is 32.1. The molecular formula is C20H12O3S. The number of fused-ring (bicyclic) bond motifs is 1. The summed E-state index contributed by atoms with van der Waals surface area (Å²) in [6.45, 7) is 0. The van der Waals surface area contributed by atoms with Crippen molar-refractivity contribution in [2.24, 2.45) is 0 Å². The fourth-order valence-electron chi connectivity index (χ4n) is 2.64. The quantitative estimate of drug-likeness (QED) is 0.308. The first-order valence-electron chi connectivity index (χ1n) is 7.44. The summed E-state index contributed by atoms with van der Waals surface area (Å²) in [5.74, 6) is 0.0469. The van der Waals surface area contributed by atoms with Crippen LogP contribution in [-0.4, -0.2) is 11.8 Å². The molecule has 0 amide bonds. The van der Waals surface area contributed by atoms with E-state index in [-0.39, 0.29) is 5.78 Å². The van der Waals surface area contributed by atoms with Gasteiger partial charge in [0.15, 0.2) is 0 Å². The molecule has 0 aliphatic carbocycles. The Morgan fingerprint density at radius 1 is 1.00 bits per heavy atom. The molecule has 4 heteroatoms. The van der Waals surface area contributed by atoms with Crippen LogP contribution in [0, 0.1) is 0 Å². The Labute approximate surface area is 142 Å². The standard InChI is InChI=1S/C20H12O3S/c21-19(18-7-4-10-24-18)14-8-9-17-15(12-14)16(20(22)23-17)11-13-5-2-1-3-6-13/h1-12H/b16-11-. The zero-order valence-electron chi connectivity index (χ0n) is 12.6. The maximum absolute atomic E-state index is 12.5. The first kappa shape index (κ1) is 14.6. The molecule has 4 rings (SSSR count). The van der Waals surface area contributed by atoms with Crippen molar-refractivity contribution in [3.05, 3.63) is 87.6 Å². The van der Waals surface area contributed by atoms with Crippen LogP contribution in [0.25, 0.3) is 11.6 Å². The van der Waals surface area contributed by atoms with Gasteiger partial charge in [0, 0.05) is 11.1 Å². The van der Waals surface area contributed by atoms with Crippen LogP contribution in [0.15, 0.2) is 66.0 Å². The van der Waals surface area contributed by atoms with E-state index in [0.717, 1.165) is 5.56 Å². The molecule has 1 aliphatic heterocycles. The minimum atomic E-state index is -0.394. The smallest absolute Gasteiger partial charge is 0.344 e. The van der Waals surface area contributed by atoms with Crippen LogP contribution in [0.1, 0.15) is 26.4 Å². The molecule has 0 unspecified atom stereocenters. The first-order chi connectivity index (χ1) is 11.7. The van der Waals surface area contributed by atoms with Crippen molar-refractivity contribution < 1.29 is 14.3 Å². The van der Waals surface area contributed by atoms with Crippen molar-refractivity contribution >= 4 is 34.7 Å². The zero-order valence-corrected chi connectivity index (χ0v) is 13.4. The fraction of sp³-hybridized carbons (Fsp3) is 0. The molecule has 3 aromatic rings. The summed E-state index contributed by atoms with van der Waals surface area (Å²) in [7, 11) is 0. The van der Waals surface area contributed by atoms with Gasteiger partial charge in [0.2, 0.25) is 5.78 Å². The van der Waals surface area contributed by atoms with Gasteiger partial charge in [-0.2, -0.15) is 0 Å². The second kappa shape index (κ2) is 5.91. The normalized spacial score (nSPS) is 14.5. The van der Waals surface area contributed by atoms with Crippen molar-refractivity contribution in [3.63, 3.8) is 0 Å². The highest BCUT2D eigenvalue weighted by molar-refractivity contribution is 7.12. The number of ether oxygens (including phenoxy) is 1. The van der Waals surface area contributed by atoms with E-state index in [1.54, 1.807) is 30.3 Å². The lowest BCUT2D eigenvalue weighted by molar-refractivity contribution is -0.126. The maximum atomic E-state index is 12.5. The van der Waals surface area contributed by atoms with Gasteiger partial charge < -0.3 is 4.74 Å². The summed E-state index contributed by atoms with van der Waals surface area (Å²) in [5, 5.41) is 1.87. The largest absolute Gasteiger partial charge is 0.422 e. The summed E-state index contributed by atoms with van der Waals surface area (Å²) in [5.41, 5.74) is 2.59. The van der Waals surface area contributed by atoms with E-state index in [4.69, 9.17) is 4.74 Å².